The highest BCUT2D eigenvalue weighted by Gasteiger charge is 2.42. The van der Waals surface area contributed by atoms with E-state index in [2.05, 4.69) is 20.2 Å². The van der Waals surface area contributed by atoms with Crippen LogP contribution in [-0.4, -0.2) is 56.6 Å². The summed E-state index contributed by atoms with van der Waals surface area (Å²) in [6, 6.07) is 15.2. The number of hydrogen-bond donors (Lipinski definition) is 0. The maximum atomic E-state index is 12.4. The van der Waals surface area contributed by atoms with Crippen LogP contribution in [0.15, 0.2) is 48.7 Å². The Hall–Kier alpha value is -2.80. The lowest BCUT2D eigenvalue weighted by molar-refractivity contribution is -0.142. The van der Waals surface area contributed by atoms with E-state index in [9.17, 15) is 4.79 Å². The number of aromatic nitrogens is 4. The Morgan fingerprint density at radius 3 is 2.60 bits per heavy atom. The van der Waals surface area contributed by atoms with Crippen LogP contribution in [0.5, 0.6) is 0 Å². The number of piperidine rings is 1. The van der Waals surface area contributed by atoms with Gasteiger partial charge in [-0.3, -0.25) is 9.69 Å². The first-order chi connectivity index (χ1) is 14.7. The van der Waals surface area contributed by atoms with E-state index >= 15 is 0 Å². The van der Waals surface area contributed by atoms with Crippen molar-refractivity contribution in [1.29, 1.82) is 0 Å². The van der Waals surface area contributed by atoms with Crippen LogP contribution in [0.4, 0.5) is 0 Å². The van der Waals surface area contributed by atoms with Gasteiger partial charge in [0.2, 0.25) is 0 Å². The Labute approximate surface area is 176 Å². The minimum atomic E-state index is -0.211. The number of methoxy groups -OCH3 is 1. The number of benzene rings is 1. The normalized spacial score (nSPS) is 24.8. The average Bonchev–Trinajstić information content (AvgIpc) is 3.32. The molecule has 0 radical (unpaired) electrons. The van der Waals surface area contributed by atoms with Crippen molar-refractivity contribution in [2.45, 2.75) is 56.1 Å². The molecule has 0 unspecified atom stereocenters. The lowest BCUT2D eigenvalue weighted by atomic mass is 9.93. The summed E-state index contributed by atoms with van der Waals surface area (Å²) in [6.45, 7) is 0.910. The Kier molecular flexibility index (Phi) is 5.21. The van der Waals surface area contributed by atoms with Crippen LogP contribution in [0.3, 0.4) is 0 Å². The molecule has 0 aliphatic carbocycles. The summed E-state index contributed by atoms with van der Waals surface area (Å²) in [7, 11) is 1.48. The van der Waals surface area contributed by atoms with Gasteiger partial charge >= 0.3 is 5.97 Å². The third-order valence-electron chi connectivity index (χ3n) is 6.80. The van der Waals surface area contributed by atoms with Gasteiger partial charge in [0.15, 0.2) is 5.65 Å². The molecule has 2 fully saturated rings. The summed E-state index contributed by atoms with van der Waals surface area (Å²) in [5, 5.41) is 8.70. The van der Waals surface area contributed by atoms with Gasteiger partial charge in [0, 0.05) is 18.3 Å². The van der Waals surface area contributed by atoms with Gasteiger partial charge < -0.3 is 4.74 Å². The molecule has 3 atom stereocenters. The standard InChI is InChI=1S/C23H27N5O2/c1-30-23(29)20(16-6-3-2-4-7-16)11-13-27-17-9-10-18(27)15-19(14-17)28-22-21(25-26-28)8-5-12-24-22/h2-8,12,17-20H,9-11,13-15H2,1H3/t17-,18-,20+/m1/s1. The maximum Gasteiger partial charge on any atom is 0.313 e. The van der Waals surface area contributed by atoms with Crippen LogP contribution in [0.2, 0.25) is 0 Å². The average molecular weight is 406 g/mol. The highest BCUT2D eigenvalue weighted by molar-refractivity contribution is 5.78. The highest BCUT2D eigenvalue weighted by Crippen LogP contribution is 2.41. The fourth-order valence-electron chi connectivity index (χ4n) is 5.36. The van der Waals surface area contributed by atoms with Crippen LogP contribution < -0.4 is 0 Å². The number of pyridine rings is 1. The molecule has 5 rings (SSSR count). The van der Waals surface area contributed by atoms with Gasteiger partial charge in [-0.15, -0.1) is 5.10 Å². The molecule has 2 aliphatic heterocycles. The zero-order valence-corrected chi connectivity index (χ0v) is 17.2. The minimum absolute atomic E-state index is 0.149. The summed E-state index contributed by atoms with van der Waals surface area (Å²) in [5.41, 5.74) is 2.77. The lowest BCUT2D eigenvalue weighted by Crippen LogP contribution is -2.44. The number of rotatable bonds is 6. The second kappa shape index (κ2) is 8.14. The molecule has 7 heteroatoms. The van der Waals surface area contributed by atoms with Crippen LogP contribution in [0.25, 0.3) is 11.2 Å². The van der Waals surface area contributed by atoms with E-state index in [0.29, 0.717) is 18.1 Å². The monoisotopic (exact) mass is 405 g/mol. The van der Waals surface area contributed by atoms with Gasteiger partial charge in [-0.05, 0) is 56.3 Å². The molecule has 2 aliphatic rings. The van der Waals surface area contributed by atoms with Crippen molar-refractivity contribution in [1.82, 2.24) is 24.9 Å². The largest absolute Gasteiger partial charge is 0.469 e. The number of esters is 1. The first-order valence-corrected chi connectivity index (χ1v) is 10.8. The number of carbonyl (C=O) groups is 1. The molecule has 4 heterocycles. The number of nitrogens with zero attached hydrogens (tertiary/aromatic N) is 5. The molecule has 3 aromatic rings. The minimum Gasteiger partial charge on any atom is -0.469 e. The van der Waals surface area contributed by atoms with Gasteiger partial charge in [-0.1, -0.05) is 35.5 Å². The summed E-state index contributed by atoms with van der Waals surface area (Å²) in [5.74, 6) is -0.361. The summed E-state index contributed by atoms with van der Waals surface area (Å²) in [6.07, 6.45) is 7.11. The zero-order chi connectivity index (χ0) is 20.5. The highest BCUT2D eigenvalue weighted by atomic mass is 16.5. The Morgan fingerprint density at radius 1 is 1.10 bits per heavy atom. The van der Waals surface area contributed by atoms with Gasteiger partial charge in [-0.25, -0.2) is 9.67 Å². The Morgan fingerprint density at radius 2 is 1.87 bits per heavy atom. The summed E-state index contributed by atoms with van der Waals surface area (Å²) < 4.78 is 7.13. The molecule has 30 heavy (non-hydrogen) atoms. The third kappa shape index (κ3) is 3.47. The Bertz CT molecular complexity index is 1010. The lowest BCUT2D eigenvalue weighted by Gasteiger charge is -2.39. The van der Waals surface area contributed by atoms with E-state index in [-0.39, 0.29) is 11.9 Å². The SMILES string of the molecule is COC(=O)[C@@H](CCN1[C@@H]2CC[C@@H]1CC(n1nnc3cccnc31)C2)c1ccccc1. The van der Waals surface area contributed by atoms with E-state index < -0.39 is 0 Å². The second-order valence-electron chi connectivity index (χ2n) is 8.40. The van der Waals surface area contributed by atoms with E-state index in [4.69, 9.17) is 4.74 Å². The van der Waals surface area contributed by atoms with Crippen LogP contribution in [-0.2, 0) is 9.53 Å². The molecule has 0 saturated carbocycles. The van der Waals surface area contributed by atoms with Crippen molar-refractivity contribution in [2.24, 2.45) is 0 Å². The first kappa shape index (κ1) is 19.2. The first-order valence-electron chi connectivity index (χ1n) is 10.8. The fourth-order valence-corrected chi connectivity index (χ4v) is 5.36. The van der Waals surface area contributed by atoms with E-state index in [1.807, 2.05) is 53.3 Å². The summed E-state index contributed by atoms with van der Waals surface area (Å²) in [4.78, 5) is 19.5. The van der Waals surface area contributed by atoms with E-state index in [0.717, 1.165) is 42.5 Å². The van der Waals surface area contributed by atoms with Crippen LogP contribution in [0, 0.1) is 0 Å². The molecular formula is C23H27N5O2. The van der Waals surface area contributed by atoms with Crippen molar-refractivity contribution in [3.8, 4) is 0 Å². The molecule has 0 N–H and O–H groups in total. The van der Waals surface area contributed by atoms with Gasteiger partial charge in [0.25, 0.3) is 0 Å². The Balaban J connectivity index is 1.29. The number of ether oxygens (including phenoxy) is 1. The molecule has 2 bridgehead atoms. The molecule has 156 valence electrons. The quantitative estimate of drug-likeness (QED) is 0.586. The number of hydrogen-bond acceptors (Lipinski definition) is 6. The van der Waals surface area contributed by atoms with Gasteiger partial charge in [0.1, 0.15) is 5.52 Å². The van der Waals surface area contributed by atoms with Crippen molar-refractivity contribution in [3.63, 3.8) is 0 Å². The van der Waals surface area contributed by atoms with Crippen LogP contribution >= 0.6 is 0 Å². The molecular weight excluding hydrogens is 378 g/mol. The van der Waals surface area contributed by atoms with E-state index in [1.165, 1.54) is 20.0 Å². The predicted octanol–water partition coefficient (Wildman–Crippen LogP) is 3.34. The maximum absolute atomic E-state index is 12.4. The second-order valence-corrected chi connectivity index (χ2v) is 8.40. The van der Waals surface area contributed by atoms with Crippen molar-refractivity contribution in [3.05, 3.63) is 54.2 Å². The topological polar surface area (TPSA) is 73.1 Å². The van der Waals surface area contributed by atoms with Crippen molar-refractivity contribution >= 4 is 17.1 Å². The summed E-state index contributed by atoms with van der Waals surface area (Å²) >= 11 is 0. The van der Waals surface area contributed by atoms with Crippen LogP contribution in [0.1, 0.15) is 49.6 Å². The smallest absolute Gasteiger partial charge is 0.313 e. The van der Waals surface area contributed by atoms with E-state index in [1.54, 1.807) is 0 Å². The molecule has 0 amide bonds. The molecule has 7 nitrogen and oxygen atoms in total. The molecule has 2 saturated heterocycles. The zero-order valence-electron chi connectivity index (χ0n) is 17.2. The predicted molar refractivity (Wildman–Crippen MR) is 113 cm³/mol. The fraction of sp³-hybridized carbons (Fsp3) is 0.478. The molecule has 1 aromatic carbocycles. The third-order valence-corrected chi connectivity index (χ3v) is 6.80. The van der Waals surface area contributed by atoms with Gasteiger partial charge in [0.05, 0.1) is 19.1 Å². The van der Waals surface area contributed by atoms with Crippen molar-refractivity contribution < 1.29 is 9.53 Å². The number of carbonyl (C=O) groups excluding carboxylic acids is 1. The molecule has 2 aromatic heterocycles. The van der Waals surface area contributed by atoms with Gasteiger partial charge in [-0.2, -0.15) is 0 Å². The number of fused-ring (bicyclic) bond motifs is 3. The molecule has 0 spiro atoms. The van der Waals surface area contributed by atoms with Crippen molar-refractivity contribution in [2.75, 3.05) is 13.7 Å².